The van der Waals surface area contributed by atoms with Crippen LogP contribution in [0.3, 0.4) is 0 Å². The van der Waals surface area contributed by atoms with Crippen molar-refractivity contribution < 1.29 is 9.21 Å². The largest absolute Gasteiger partial charge is 0.461 e. The maximum atomic E-state index is 11.2. The van der Waals surface area contributed by atoms with Gasteiger partial charge in [0.15, 0.2) is 11.5 Å². The lowest BCUT2D eigenvalue weighted by molar-refractivity contribution is 0.0953. The molecule has 3 nitrogen and oxygen atoms in total. The van der Waals surface area contributed by atoms with Gasteiger partial charge in [0.2, 0.25) is 0 Å². The van der Waals surface area contributed by atoms with Crippen LogP contribution in [-0.4, -0.2) is 12.3 Å². The highest BCUT2D eigenvalue weighted by atomic mass is 16.3. The van der Waals surface area contributed by atoms with Gasteiger partial charge in [-0.15, -0.1) is 0 Å². The average molecular weight is 167 g/mol. The zero-order chi connectivity index (χ0) is 8.81. The summed E-state index contributed by atoms with van der Waals surface area (Å²) in [4.78, 5) is 11.2. The molecule has 0 unspecified atom stereocenters. The molecule has 0 aliphatic heterocycles. The monoisotopic (exact) mass is 167 g/mol. The van der Waals surface area contributed by atoms with E-state index in [1.807, 2.05) is 0 Å². The SMILES string of the molecule is NCCCCC(=O)c1ccco1. The lowest BCUT2D eigenvalue weighted by Gasteiger charge is -1.95. The van der Waals surface area contributed by atoms with Gasteiger partial charge >= 0.3 is 0 Å². The van der Waals surface area contributed by atoms with Crippen molar-refractivity contribution in [2.24, 2.45) is 5.73 Å². The predicted molar refractivity (Wildman–Crippen MR) is 45.9 cm³/mol. The third-order valence-electron chi connectivity index (χ3n) is 1.65. The average Bonchev–Trinajstić information content (AvgIpc) is 2.56. The maximum Gasteiger partial charge on any atom is 0.197 e. The van der Waals surface area contributed by atoms with Gasteiger partial charge in [-0.1, -0.05) is 0 Å². The molecule has 12 heavy (non-hydrogen) atoms. The van der Waals surface area contributed by atoms with Crippen LogP contribution in [-0.2, 0) is 0 Å². The molecule has 0 fully saturated rings. The zero-order valence-corrected chi connectivity index (χ0v) is 6.95. The first-order valence-corrected chi connectivity index (χ1v) is 4.11. The number of hydrogen-bond acceptors (Lipinski definition) is 3. The molecule has 0 spiro atoms. The number of furan rings is 1. The Bertz CT molecular complexity index is 229. The first-order valence-electron chi connectivity index (χ1n) is 4.11. The van der Waals surface area contributed by atoms with Crippen LogP contribution < -0.4 is 5.73 Å². The number of nitrogens with two attached hydrogens (primary N) is 1. The molecule has 1 aromatic rings. The summed E-state index contributed by atoms with van der Waals surface area (Å²) < 4.78 is 4.95. The first-order chi connectivity index (χ1) is 5.84. The van der Waals surface area contributed by atoms with Crippen LogP contribution in [0.25, 0.3) is 0 Å². The summed E-state index contributed by atoms with van der Waals surface area (Å²) in [6.45, 7) is 0.644. The quantitative estimate of drug-likeness (QED) is 0.535. The Kier molecular flexibility index (Phi) is 3.54. The molecular weight excluding hydrogens is 154 g/mol. The maximum absolute atomic E-state index is 11.2. The minimum absolute atomic E-state index is 0.0634. The summed E-state index contributed by atoms with van der Waals surface area (Å²) in [7, 11) is 0. The van der Waals surface area contributed by atoms with E-state index in [1.54, 1.807) is 12.1 Å². The Morgan fingerprint density at radius 2 is 2.33 bits per heavy atom. The molecule has 0 aliphatic carbocycles. The minimum Gasteiger partial charge on any atom is -0.461 e. The van der Waals surface area contributed by atoms with Crippen LogP contribution in [0.4, 0.5) is 0 Å². The fraction of sp³-hybridized carbons (Fsp3) is 0.444. The van der Waals surface area contributed by atoms with Gasteiger partial charge in [0.1, 0.15) is 0 Å². The van der Waals surface area contributed by atoms with E-state index in [4.69, 9.17) is 10.2 Å². The smallest absolute Gasteiger partial charge is 0.197 e. The van der Waals surface area contributed by atoms with E-state index in [0.717, 1.165) is 12.8 Å². The summed E-state index contributed by atoms with van der Waals surface area (Å²) in [5.74, 6) is 0.514. The predicted octanol–water partition coefficient (Wildman–Crippen LogP) is 1.59. The molecule has 0 saturated heterocycles. The van der Waals surface area contributed by atoms with Gasteiger partial charge in [-0.2, -0.15) is 0 Å². The van der Waals surface area contributed by atoms with Crippen molar-refractivity contribution in [1.29, 1.82) is 0 Å². The third-order valence-corrected chi connectivity index (χ3v) is 1.65. The normalized spacial score (nSPS) is 10.1. The molecule has 0 atom stereocenters. The van der Waals surface area contributed by atoms with Crippen molar-refractivity contribution in [3.8, 4) is 0 Å². The van der Waals surface area contributed by atoms with Gasteiger partial charge in [-0.3, -0.25) is 4.79 Å². The number of unbranched alkanes of at least 4 members (excludes halogenated alkanes) is 1. The fourth-order valence-corrected chi connectivity index (χ4v) is 0.990. The van der Waals surface area contributed by atoms with E-state index < -0.39 is 0 Å². The molecule has 1 rings (SSSR count). The van der Waals surface area contributed by atoms with Crippen molar-refractivity contribution in [2.45, 2.75) is 19.3 Å². The summed E-state index contributed by atoms with van der Waals surface area (Å²) >= 11 is 0. The molecule has 3 heteroatoms. The van der Waals surface area contributed by atoms with Crippen LogP contribution >= 0.6 is 0 Å². The lowest BCUT2D eigenvalue weighted by Crippen LogP contribution is -2.01. The number of hydrogen-bond donors (Lipinski definition) is 1. The van der Waals surface area contributed by atoms with Crippen molar-refractivity contribution in [3.05, 3.63) is 24.2 Å². The van der Waals surface area contributed by atoms with E-state index in [1.165, 1.54) is 6.26 Å². The van der Waals surface area contributed by atoms with Crippen molar-refractivity contribution in [1.82, 2.24) is 0 Å². The van der Waals surface area contributed by atoms with Crippen LogP contribution in [0.15, 0.2) is 22.8 Å². The summed E-state index contributed by atoms with van der Waals surface area (Å²) in [6, 6.07) is 3.40. The first kappa shape index (κ1) is 9.00. The second-order valence-corrected chi connectivity index (χ2v) is 2.65. The van der Waals surface area contributed by atoms with E-state index in [2.05, 4.69) is 0 Å². The Labute approximate surface area is 71.6 Å². The Morgan fingerprint density at radius 3 is 2.92 bits per heavy atom. The van der Waals surface area contributed by atoms with Crippen molar-refractivity contribution >= 4 is 5.78 Å². The topological polar surface area (TPSA) is 56.2 Å². The molecular formula is C9H13NO2. The van der Waals surface area contributed by atoms with Gasteiger partial charge in [-0.05, 0) is 31.5 Å². The highest BCUT2D eigenvalue weighted by molar-refractivity contribution is 5.93. The van der Waals surface area contributed by atoms with E-state index in [0.29, 0.717) is 18.7 Å². The van der Waals surface area contributed by atoms with Crippen molar-refractivity contribution in [2.75, 3.05) is 6.54 Å². The standard InChI is InChI=1S/C9H13NO2/c10-6-2-1-4-8(11)9-5-3-7-12-9/h3,5,7H,1-2,4,6,10H2. The van der Waals surface area contributed by atoms with Gasteiger partial charge in [-0.25, -0.2) is 0 Å². The molecule has 1 heterocycles. The van der Waals surface area contributed by atoms with Gasteiger partial charge in [0, 0.05) is 6.42 Å². The molecule has 66 valence electrons. The summed E-state index contributed by atoms with van der Waals surface area (Å²) in [6.07, 6.45) is 3.78. The Morgan fingerprint density at radius 1 is 1.50 bits per heavy atom. The summed E-state index contributed by atoms with van der Waals surface area (Å²) in [5, 5.41) is 0. The van der Waals surface area contributed by atoms with Gasteiger partial charge < -0.3 is 10.2 Å². The Balaban J connectivity index is 2.30. The van der Waals surface area contributed by atoms with Crippen molar-refractivity contribution in [3.63, 3.8) is 0 Å². The number of ketones is 1. The number of Topliss-reactive ketones (excluding diaryl/α,β-unsaturated/α-hetero) is 1. The van der Waals surface area contributed by atoms with Crippen LogP contribution in [0.2, 0.25) is 0 Å². The number of rotatable bonds is 5. The van der Waals surface area contributed by atoms with Crippen LogP contribution in [0.1, 0.15) is 29.8 Å². The fourth-order valence-electron chi connectivity index (χ4n) is 0.990. The van der Waals surface area contributed by atoms with E-state index >= 15 is 0 Å². The molecule has 0 bridgehead atoms. The Hall–Kier alpha value is -1.09. The second-order valence-electron chi connectivity index (χ2n) is 2.65. The molecule has 0 aliphatic rings. The highest BCUT2D eigenvalue weighted by Gasteiger charge is 2.06. The van der Waals surface area contributed by atoms with Gasteiger partial charge in [0.25, 0.3) is 0 Å². The minimum atomic E-state index is 0.0634. The molecule has 0 aromatic carbocycles. The zero-order valence-electron chi connectivity index (χ0n) is 6.95. The van der Waals surface area contributed by atoms with Gasteiger partial charge in [0.05, 0.1) is 6.26 Å². The number of carbonyl (C=O) groups excluding carboxylic acids is 1. The van der Waals surface area contributed by atoms with Crippen LogP contribution in [0.5, 0.6) is 0 Å². The van der Waals surface area contributed by atoms with Crippen LogP contribution in [0, 0.1) is 0 Å². The highest BCUT2D eigenvalue weighted by Crippen LogP contribution is 2.06. The molecule has 0 saturated carbocycles. The number of carbonyl (C=O) groups is 1. The molecule has 2 N–H and O–H groups in total. The lowest BCUT2D eigenvalue weighted by atomic mass is 10.1. The molecule has 0 radical (unpaired) electrons. The van der Waals surface area contributed by atoms with E-state index in [-0.39, 0.29) is 5.78 Å². The summed E-state index contributed by atoms with van der Waals surface area (Å²) in [5.41, 5.74) is 5.30. The van der Waals surface area contributed by atoms with E-state index in [9.17, 15) is 4.79 Å². The second kappa shape index (κ2) is 4.72. The third kappa shape index (κ3) is 2.51. The molecule has 0 amide bonds. The molecule has 1 aromatic heterocycles.